The molecule has 158 valence electrons. The summed E-state index contributed by atoms with van der Waals surface area (Å²) in [5.41, 5.74) is -1.27. The molecule has 1 amide bonds. The lowest BCUT2D eigenvalue weighted by atomic mass is 9.97. The Morgan fingerprint density at radius 3 is 2.52 bits per heavy atom. The predicted molar refractivity (Wildman–Crippen MR) is 113 cm³/mol. The molecule has 1 N–H and O–H groups in total. The quantitative estimate of drug-likeness (QED) is 0.272. The largest absolute Gasteiger partial charge is 0.425 e. The van der Waals surface area contributed by atoms with Gasteiger partial charge < -0.3 is 19.2 Å². The summed E-state index contributed by atoms with van der Waals surface area (Å²) in [5, 5.41) is 3.27. The second kappa shape index (κ2) is 10.0. The molecule has 1 aromatic heterocycles. The van der Waals surface area contributed by atoms with Crippen LogP contribution in [-0.4, -0.2) is 32.1 Å². The third-order valence-corrected chi connectivity index (χ3v) is 4.78. The third kappa shape index (κ3) is 6.40. The SMILES string of the molecule is COCCCCCNC(=O)c1cc2cc(Br)c(OC(=O)C(C)(C)C)cc2oc1=O. The molecule has 0 bridgehead atoms. The molecule has 1 aromatic carbocycles. The van der Waals surface area contributed by atoms with Crippen molar-refractivity contribution >= 4 is 38.8 Å². The van der Waals surface area contributed by atoms with Gasteiger partial charge in [-0.15, -0.1) is 0 Å². The molecule has 0 fully saturated rings. The first kappa shape index (κ1) is 23.1. The van der Waals surface area contributed by atoms with Crippen molar-refractivity contribution in [2.24, 2.45) is 5.41 Å². The highest BCUT2D eigenvalue weighted by Crippen LogP contribution is 2.32. The van der Waals surface area contributed by atoms with Crippen molar-refractivity contribution in [3.8, 4) is 5.75 Å². The topological polar surface area (TPSA) is 94.8 Å². The van der Waals surface area contributed by atoms with Crippen LogP contribution in [0.3, 0.4) is 0 Å². The molecule has 2 rings (SSSR count). The number of amides is 1. The minimum atomic E-state index is -0.746. The summed E-state index contributed by atoms with van der Waals surface area (Å²) >= 11 is 3.36. The van der Waals surface area contributed by atoms with Crippen LogP contribution in [0.5, 0.6) is 5.75 Å². The van der Waals surface area contributed by atoms with Crippen LogP contribution in [0.2, 0.25) is 0 Å². The van der Waals surface area contributed by atoms with Crippen LogP contribution < -0.4 is 15.7 Å². The van der Waals surface area contributed by atoms with Crippen LogP contribution in [0, 0.1) is 5.41 Å². The van der Waals surface area contributed by atoms with Gasteiger partial charge in [0.15, 0.2) is 0 Å². The number of carbonyl (C=O) groups is 2. The summed E-state index contributed by atoms with van der Waals surface area (Å²) in [4.78, 5) is 36.7. The van der Waals surface area contributed by atoms with E-state index in [1.165, 1.54) is 12.1 Å². The molecule has 0 saturated heterocycles. The monoisotopic (exact) mass is 467 g/mol. The van der Waals surface area contributed by atoms with Crippen molar-refractivity contribution in [3.63, 3.8) is 0 Å². The van der Waals surface area contributed by atoms with Gasteiger partial charge in [0.25, 0.3) is 5.91 Å². The van der Waals surface area contributed by atoms with Crippen LogP contribution >= 0.6 is 15.9 Å². The number of methoxy groups -OCH3 is 1. The van der Waals surface area contributed by atoms with Gasteiger partial charge in [0.1, 0.15) is 16.9 Å². The molecule has 0 aliphatic heterocycles. The number of halogens is 1. The summed E-state index contributed by atoms with van der Waals surface area (Å²) < 4.78 is 16.2. The smallest absolute Gasteiger partial charge is 0.349 e. The van der Waals surface area contributed by atoms with Gasteiger partial charge in [-0.1, -0.05) is 0 Å². The highest BCUT2D eigenvalue weighted by Gasteiger charge is 2.25. The number of esters is 1. The Morgan fingerprint density at radius 1 is 1.14 bits per heavy atom. The maximum absolute atomic E-state index is 12.3. The Balaban J connectivity index is 2.16. The second-order valence-corrected chi connectivity index (χ2v) is 8.57. The third-order valence-electron chi connectivity index (χ3n) is 4.16. The number of carbonyl (C=O) groups excluding carboxylic acids is 2. The number of nitrogens with one attached hydrogen (secondary N) is 1. The molecule has 0 unspecified atom stereocenters. The van der Waals surface area contributed by atoms with Gasteiger partial charge >= 0.3 is 11.6 Å². The lowest BCUT2D eigenvalue weighted by molar-refractivity contribution is -0.143. The lowest BCUT2D eigenvalue weighted by Crippen LogP contribution is -2.29. The van der Waals surface area contributed by atoms with E-state index in [-0.39, 0.29) is 16.9 Å². The Kier molecular flexibility index (Phi) is 7.98. The van der Waals surface area contributed by atoms with E-state index in [0.29, 0.717) is 23.0 Å². The average molecular weight is 468 g/mol. The summed E-state index contributed by atoms with van der Waals surface area (Å²) in [6.45, 7) is 6.38. The Morgan fingerprint density at radius 2 is 1.86 bits per heavy atom. The van der Waals surface area contributed by atoms with E-state index >= 15 is 0 Å². The molecule has 8 heteroatoms. The molecule has 0 aliphatic carbocycles. The Labute approximate surface area is 177 Å². The van der Waals surface area contributed by atoms with E-state index in [4.69, 9.17) is 13.9 Å². The highest BCUT2D eigenvalue weighted by atomic mass is 79.9. The van der Waals surface area contributed by atoms with Gasteiger partial charge in [-0.3, -0.25) is 9.59 Å². The number of hydrogen-bond acceptors (Lipinski definition) is 6. The van der Waals surface area contributed by atoms with Crippen LogP contribution in [0.25, 0.3) is 11.0 Å². The first-order valence-corrected chi connectivity index (χ1v) is 10.2. The van der Waals surface area contributed by atoms with E-state index in [9.17, 15) is 14.4 Å². The van der Waals surface area contributed by atoms with E-state index in [1.54, 1.807) is 33.9 Å². The second-order valence-electron chi connectivity index (χ2n) is 7.72. The van der Waals surface area contributed by atoms with Crippen LogP contribution in [0.1, 0.15) is 50.4 Å². The summed E-state index contributed by atoms with van der Waals surface area (Å²) in [7, 11) is 1.65. The van der Waals surface area contributed by atoms with Crippen LogP contribution in [0.4, 0.5) is 0 Å². The van der Waals surface area contributed by atoms with Crippen molar-refractivity contribution in [3.05, 3.63) is 38.7 Å². The number of ether oxygens (including phenoxy) is 2. The molecule has 29 heavy (non-hydrogen) atoms. The predicted octanol–water partition coefficient (Wildman–Crippen LogP) is 4.05. The first-order chi connectivity index (χ1) is 13.6. The van der Waals surface area contributed by atoms with Gasteiger partial charge in [-0.05, 0) is 68.1 Å². The summed E-state index contributed by atoms with van der Waals surface area (Å²) in [6, 6.07) is 4.58. The molecule has 0 aliphatic rings. The van der Waals surface area contributed by atoms with E-state index in [0.717, 1.165) is 19.3 Å². The van der Waals surface area contributed by atoms with Crippen molar-refractivity contribution in [1.82, 2.24) is 5.32 Å². The molecular weight excluding hydrogens is 442 g/mol. The van der Waals surface area contributed by atoms with Crippen molar-refractivity contribution in [2.75, 3.05) is 20.3 Å². The lowest BCUT2D eigenvalue weighted by Gasteiger charge is -2.17. The molecule has 0 saturated carbocycles. The van der Waals surface area contributed by atoms with E-state index in [2.05, 4.69) is 21.2 Å². The van der Waals surface area contributed by atoms with Gasteiger partial charge in [0.2, 0.25) is 0 Å². The zero-order chi connectivity index (χ0) is 21.6. The molecule has 2 aromatic rings. The fraction of sp³-hybridized carbons (Fsp3) is 0.476. The fourth-order valence-electron chi connectivity index (χ4n) is 2.46. The number of unbranched alkanes of at least 4 members (excludes halogenated alkanes) is 2. The zero-order valence-corrected chi connectivity index (χ0v) is 18.7. The van der Waals surface area contributed by atoms with Crippen molar-refractivity contribution < 1.29 is 23.5 Å². The van der Waals surface area contributed by atoms with E-state index < -0.39 is 22.9 Å². The van der Waals surface area contributed by atoms with Crippen molar-refractivity contribution in [2.45, 2.75) is 40.0 Å². The Bertz CT molecular complexity index is 945. The van der Waals surface area contributed by atoms with Gasteiger partial charge in [-0.25, -0.2) is 4.79 Å². The fourth-order valence-corrected chi connectivity index (χ4v) is 2.90. The van der Waals surface area contributed by atoms with Crippen LogP contribution in [0.15, 0.2) is 31.9 Å². The maximum atomic E-state index is 12.3. The minimum absolute atomic E-state index is 0.0688. The number of hydrogen-bond donors (Lipinski definition) is 1. The molecule has 1 heterocycles. The van der Waals surface area contributed by atoms with Gasteiger partial charge in [0, 0.05) is 31.7 Å². The van der Waals surface area contributed by atoms with Crippen LogP contribution in [-0.2, 0) is 9.53 Å². The number of rotatable bonds is 8. The summed E-state index contributed by atoms with van der Waals surface area (Å²) in [5.74, 6) is -0.651. The minimum Gasteiger partial charge on any atom is -0.425 e. The number of benzene rings is 1. The van der Waals surface area contributed by atoms with Gasteiger partial charge in [0.05, 0.1) is 9.89 Å². The molecule has 7 nitrogen and oxygen atoms in total. The standard InChI is InChI=1S/C21H26BrNO6/c1-21(2,3)20(26)29-17-12-16-13(11-15(17)22)10-14(19(25)28-16)18(24)23-8-6-5-7-9-27-4/h10-12H,5-9H2,1-4H3,(H,23,24). The number of fused-ring (bicyclic) bond motifs is 1. The first-order valence-electron chi connectivity index (χ1n) is 9.40. The van der Waals surface area contributed by atoms with Crippen molar-refractivity contribution in [1.29, 1.82) is 0 Å². The van der Waals surface area contributed by atoms with Gasteiger partial charge in [-0.2, -0.15) is 0 Å². The average Bonchev–Trinajstić information content (AvgIpc) is 2.64. The highest BCUT2D eigenvalue weighted by molar-refractivity contribution is 9.10. The maximum Gasteiger partial charge on any atom is 0.349 e. The Hall–Kier alpha value is -2.19. The van der Waals surface area contributed by atoms with E-state index in [1.807, 2.05) is 0 Å². The molecule has 0 spiro atoms. The molecule has 0 radical (unpaired) electrons. The molecule has 0 atom stereocenters. The summed E-state index contributed by atoms with van der Waals surface area (Å²) in [6.07, 6.45) is 2.63. The normalized spacial score (nSPS) is 11.5. The molecular formula is C21H26BrNO6. The zero-order valence-electron chi connectivity index (χ0n) is 17.1.